The van der Waals surface area contributed by atoms with Gasteiger partial charge in [0.05, 0.1) is 38.9 Å². The number of nitrogens with zero attached hydrogens (tertiary/aromatic N) is 3. The molecule has 1 aromatic carbocycles. The Bertz CT molecular complexity index is 1110. The van der Waals surface area contributed by atoms with Crippen molar-refractivity contribution in [2.75, 3.05) is 44.4 Å². The van der Waals surface area contributed by atoms with E-state index in [2.05, 4.69) is 39.2 Å². The van der Waals surface area contributed by atoms with Gasteiger partial charge in [0.2, 0.25) is 0 Å². The molecular formula is C20H22ClF2N5. The van der Waals surface area contributed by atoms with Crippen LogP contribution in [0.15, 0.2) is 12.3 Å². The number of pyridine rings is 1. The summed E-state index contributed by atoms with van der Waals surface area (Å²) in [5.74, 6) is -1.77. The maximum absolute atomic E-state index is 14.9. The van der Waals surface area contributed by atoms with Crippen molar-refractivity contribution in [2.45, 2.75) is 18.9 Å². The van der Waals surface area contributed by atoms with Gasteiger partial charge in [0, 0.05) is 37.7 Å². The van der Waals surface area contributed by atoms with Crippen molar-refractivity contribution >= 4 is 44.9 Å². The minimum absolute atomic E-state index is 0.199. The molecule has 1 aliphatic carbocycles. The summed E-state index contributed by atoms with van der Waals surface area (Å²) < 4.78 is 29.2. The summed E-state index contributed by atoms with van der Waals surface area (Å²) in [7, 11) is 5.89. The van der Waals surface area contributed by atoms with E-state index in [9.17, 15) is 8.78 Å². The SMILES string of the molecule is CNc1cc(F)c(F)c2c1[nH]c1ncc(Cl)c(N3CCC4(C[C@@H]4N(C)C)C3)c12. The van der Waals surface area contributed by atoms with Crippen LogP contribution in [0.3, 0.4) is 0 Å². The smallest absolute Gasteiger partial charge is 0.169 e. The molecule has 1 saturated heterocycles. The second kappa shape index (κ2) is 5.94. The number of aromatic amines is 1. The number of benzene rings is 1. The molecule has 3 heterocycles. The minimum Gasteiger partial charge on any atom is -0.386 e. The third-order valence-electron chi connectivity index (χ3n) is 6.46. The zero-order valence-electron chi connectivity index (χ0n) is 16.0. The van der Waals surface area contributed by atoms with Crippen LogP contribution in [-0.4, -0.2) is 55.1 Å². The van der Waals surface area contributed by atoms with Gasteiger partial charge in [-0.3, -0.25) is 0 Å². The van der Waals surface area contributed by atoms with Gasteiger partial charge in [0.25, 0.3) is 0 Å². The van der Waals surface area contributed by atoms with Crippen molar-refractivity contribution in [3.05, 3.63) is 28.9 Å². The molecule has 2 aliphatic rings. The van der Waals surface area contributed by atoms with E-state index in [-0.39, 0.29) is 10.8 Å². The molecule has 2 atom stereocenters. The maximum Gasteiger partial charge on any atom is 0.169 e. The predicted octanol–water partition coefficient (Wildman–Crippen LogP) is 4.22. The lowest BCUT2D eigenvalue weighted by Crippen LogP contribution is -2.26. The Labute approximate surface area is 166 Å². The fourth-order valence-electron chi connectivity index (χ4n) is 5.01. The van der Waals surface area contributed by atoms with Gasteiger partial charge >= 0.3 is 0 Å². The molecule has 1 saturated carbocycles. The maximum atomic E-state index is 14.9. The molecule has 3 aromatic rings. The van der Waals surface area contributed by atoms with Crippen LogP contribution in [0, 0.1) is 17.0 Å². The standard InChI is InChI=1S/C20H22ClF2N5/c1-24-12-6-11(22)16(23)14-15-18(10(21)8-25-19(15)26-17(12)14)28-5-4-20(9-28)7-13(20)27(2)3/h6,8,13,24H,4-5,7,9H2,1-3H3,(H,25,26)/t13-,20?/m0/s1. The Morgan fingerprint density at radius 1 is 1.36 bits per heavy atom. The van der Waals surface area contributed by atoms with Crippen molar-refractivity contribution in [1.82, 2.24) is 14.9 Å². The van der Waals surface area contributed by atoms with Crippen molar-refractivity contribution in [2.24, 2.45) is 5.41 Å². The highest BCUT2D eigenvalue weighted by Crippen LogP contribution is 2.57. The molecule has 0 amide bonds. The summed E-state index contributed by atoms with van der Waals surface area (Å²) in [5.41, 5.74) is 2.50. The van der Waals surface area contributed by atoms with Crippen LogP contribution in [0.5, 0.6) is 0 Å². The highest BCUT2D eigenvalue weighted by Gasteiger charge is 2.58. The fraction of sp³-hybridized carbons (Fsp3) is 0.450. The molecule has 1 unspecified atom stereocenters. The number of fused-ring (bicyclic) bond motifs is 3. The molecule has 2 fully saturated rings. The van der Waals surface area contributed by atoms with E-state index in [0.717, 1.165) is 37.7 Å². The van der Waals surface area contributed by atoms with E-state index >= 15 is 0 Å². The number of aromatic nitrogens is 2. The van der Waals surface area contributed by atoms with Crippen molar-refractivity contribution in [1.29, 1.82) is 0 Å². The van der Waals surface area contributed by atoms with Crippen molar-refractivity contribution < 1.29 is 8.78 Å². The van der Waals surface area contributed by atoms with Crippen LogP contribution in [0.25, 0.3) is 21.9 Å². The monoisotopic (exact) mass is 405 g/mol. The number of H-pyrrole nitrogens is 1. The lowest BCUT2D eigenvalue weighted by atomic mass is 10.1. The average molecular weight is 406 g/mol. The number of halogens is 3. The van der Waals surface area contributed by atoms with Gasteiger partial charge in [-0.15, -0.1) is 0 Å². The van der Waals surface area contributed by atoms with Crippen LogP contribution >= 0.6 is 11.6 Å². The van der Waals surface area contributed by atoms with E-state index in [0.29, 0.717) is 33.3 Å². The van der Waals surface area contributed by atoms with Crippen LogP contribution in [0.2, 0.25) is 5.02 Å². The third-order valence-corrected chi connectivity index (χ3v) is 6.74. The lowest BCUT2D eigenvalue weighted by molar-refractivity contribution is 0.335. The molecule has 1 spiro atoms. The van der Waals surface area contributed by atoms with Gasteiger partial charge < -0.3 is 20.1 Å². The molecular weight excluding hydrogens is 384 g/mol. The first-order valence-electron chi connectivity index (χ1n) is 9.43. The predicted molar refractivity (Wildman–Crippen MR) is 109 cm³/mol. The molecule has 5 rings (SSSR count). The number of anilines is 2. The van der Waals surface area contributed by atoms with E-state index < -0.39 is 11.6 Å². The summed E-state index contributed by atoms with van der Waals surface area (Å²) in [5, 5.41) is 4.14. The van der Waals surface area contributed by atoms with E-state index in [4.69, 9.17) is 11.6 Å². The Balaban J connectivity index is 1.72. The zero-order valence-corrected chi connectivity index (χ0v) is 16.8. The molecule has 0 bridgehead atoms. The lowest BCUT2D eigenvalue weighted by Gasteiger charge is -2.22. The summed E-state index contributed by atoms with van der Waals surface area (Å²) in [4.78, 5) is 12.0. The Morgan fingerprint density at radius 2 is 2.14 bits per heavy atom. The molecule has 1 aliphatic heterocycles. The third kappa shape index (κ3) is 2.35. The zero-order chi connectivity index (χ0) is 19.8. The quantitative estimate of drug-likeness (QED) is 0.685. The van der Waals surface area contributed by atoms with Crippen LogP contribution in [0.4, 0.5) is 20.2 Å². The number of rotatable bonds is 3. The number of hydrogen-bond acceptors (Lipinski definition) is 4. The first kappa shape index (κ1) is 17.9. The van der Waals surface area contributed by atoms with Gasteiger partial charge in [-0.05, 0) is 26.9 Å². The molecule has 2 N–H and O–H groups in total. The topological polar surface area (TPSA) is 47.2 Å². The first-order chi connectivity index (χ1) is 13.4. The summed E-state index contributed by atoms with van der Waals surface area (Å²) in [6.45, 7) is 1.70. The summed E-state index contributed by atoms with van der Waals surface area (Å²) in [6.07, 6.45) is 3.81. The second-order valence-electron chi connectivity index (χ2n) is 8.24. The Hall–Kier alpha value is -2.12. The number of nitrogens with one attached hydrogen (secondary N) is 2. The molecule has 8 heteroatoms. The van der Waals surface area contributed by atoms with Gasteiger partial charge in [0.15, 0.2) is 11.6 Å². The normalized spacial score (nSPS) is 24.2. The second-order valence-corrected chi connectivity index (χ2v) is 8.65. The van der Waals surface area contributed by atoms with E-state index in [1.54, 1.807) is 13.2 Å². The number of hydrogen-bond donors (Lipinski definition) is 2. The highest BCUT2D eigenvalue weighted by atomic mass is 35.5. The van der Waals surface area contributed by atoms with Crippen LogP contribution in [0.1, 0.15) is 12.8 Å². The molecule has 0 radical (unpaired) electrons. The fourth-order valence-corrected chi connectivity index (χ4v) is 5.27. The summed E-state index contributed by atoms with van der Waals surface area (Å²) >= 11 is 6.56. The van der Waals surface area contributed by atoms with E-state index in [1.807, 2.05) is 0 Å². The Morgan fingerprint density at radius 3 is 2.82 bits per heavy atom. The molecule has 148 valence electrons. The van der Waals surface area contributed by atoms with Crippen molar-refractivity contribution in [3.8, 4) is 0 Å². The summed E-state index contributed by atoms with van der Waals surface area (Å²) in [6, 6.07) is 1.71. The molecule has 28 heavy (non-hydrogen) atoms. The molecule has 5 nitrogen and oxygen atoms in total. The largest absolute Gasteiger partial charge is 0.386 e. The van der Waals surface area contributed by atoms with Gasteiger partial charge in [0.1, 0.15) is 5.65 Å². The van der Waals surface area contributed by atoms with Crippen LogP contribution in [-0.2, 0) is 0 Å². The Kier molecular flexibility index (Phi) is 3.81. The van der Waals surface area contributed by atoms with Crippen LogP contribution < -0.4 is 10.2 Å². The first-order valence-corrected chi connectivity index (χ1v) is 9.81. The average Bonchev–Trinajstić information content (AvgIpc) is 3.01. The van der Waals surface area contributed by atoms with Crippen molar-refractivity contribution in [3.63, 3.8) is 0 Å². The van der Waals surface area contributed by atoms with Gasteiger partial charge in [-0.25, -0.2) is 13.8 Å². The molecule has 2 aromatic heterocycles. The van der Waals surface area contributed by atoms with Gasteiger partial charge in [-0.1, -0.05) is 11.6 Å². The van der Waals surface area contributed by atoms with E-state index in [1.165, 1.54) is 0 Å². The van der Waals surface area contributed by atoms with Gasteiger partial charge in [-0.2, -0.15) is 0 Å². The minimum atomic E-state index is -0.892. The highest BCUT2D eigenvalue weighted by molar-refractivity contribution is 6.36.